The van der Waals surface area contributed by atoms with Crippen LogP contribution in [0.15, 0.2) is 29.2 Å². The zero-order valence-corrected chi connectivity index (χ0v) is 11.0. The molecule has 0 radical (unpaired) electrons. The fraction of sp³-hybridized carbons (Fsp3) is 0.154. The van der Waals surface area contributed by atoms with Gasteiger partial charge < -0.3 is 0 Å². The van der Waals surface area contributed by atoms with Crippen LogP contribution in [0, 0.1) is 5.92 Å². The Morgan fingerprint density at radius 2 is 2.11 bits per heavy atom. The van der Waals surface area contributed by atoms with Gasteiger partial charge >= 0.3 is 0 Å². The lowest BCUT2D eigenvalue weighted by molar-refractivity contribution is -0.133. The SMILES string of the molecule is CC(=O)C1C(=O)SC(=Cc2cccc(Cl)c2)C1=O. The van der Waals surface area contributed by atoms with Crippen LogP contribution in [0.3, 0.4) is 0 Å². The van der Waals surface area contributed by atoms with Gasteiger partial charge in [-0.1, -0.05) is 23.7 Å². The molecule has 0 amide bonds. The van der Waals surface area contributed by atoms with E-state index in [4.69, 9.17) is 11.6 Å². The molecular weight excluding hydrogens is 272 g/mol. The predicted molar refractivity (Wildman–Crippen MR) is 71.2 cm³/mol. The number of benzene rings is 1. The molecule has 3 nitrogen and oxygen atoms in total. The van der Waals surface area contributed by atoms with Crippen LogP contribution in [0.1, 0.15) is 12.5 Å². The average molecular weight is 281 g/mol. The number of rotatable bonds is 2. The maximum atomic E-state index is 11.9. The van der Waals surface area contributed by atoms with Crippen LogP contribution < -0.4 is 0 Å². The first kappa shape index (κ1) is 13.1. The molecule has 5 heteroatoms. The molecule has 1 aromatic rings. The summed E-state index contributed by atoms with van der Waals surface area (Å²) in [6.07, 6.45) is 1.58. The molecule has 0 spiro atoms. The number of halogens is 1. The van der Waals surface area contributed by atoms with E-state index >= 15 is 0 Å². The summed E-state index contributed by atoms with van der Waals surface area (Å²) in [7, 11) is 0. The maximum Gasteiger partial charge on any atom is 0.212 e. The van der Waals surface area contributed by atoms with Gasteiger partial charge in [0.1, 0.15) is 5.78 Å². The summed E-state index contributed by atoms with van der Waals surface area (Å²) in [6, 6.07) is 6.94. The lowest BCUT2D eigenvalue weighted by atomic mass is 10.0. The van der Waals surface area contributed by atoms with Crippen molar-refractivity contribution in [2.75, 3.05) is 0 Å². The molecule has 1 atom stereocenters. The summed E-state index contributed by atoms with van der Waals surface area (Å²) in [5, 5.41) is 0.148. The van der Waals surface area contributed by atoms with Gasteiger partial charge in [-0.25, -0.2) is 0 Å². The van der Waals surface area contributed by atoms with E-state index in [9.17, 15) is 14.4 Å². The van der Waals surface area contributed by atoms with Crippen molar-refractivity contribution in [1.82, 2.24) is 0 Å². The Morgan fingerprint density at radius 1 is 1.39 bits per heavy atom. The van der Waals surface area contributed by atoms with Crippen LogP contribution in [0.4, 0.5) is 0 Å². The lowest BCUT2D eigenvalue weighted by Gasteiger charge is -1.98. The molecule has 1 aromatic carbocycles. The van der Waals surface area contributed by atoms with E-state index in [-0.39, 0.29) is 0 Å². The summed E-state index contributed by atoms with van der Waals surface area (Å²) in [5.74, 6) is -1.97. The molecule has 0 aromatic heterocycles. The van der Waals surface area contributed by atoms with Crippen LogP contribution in [-0.4, -0.2) is 16.7 Å². The molecule has 0 aliphatic carbocycles. The van der Waals surface area contributed by atoms with Crippen molar-refractivity contribution in [3.8, 4) is 0 Å². The molecule has 1 fully saturated rings. The molecular formula is C13H9ClO3S. The molecule has 1 unspecified atom stereocenters. The third-order valence-electron chi connectivity index (χ3n) is 2.50. The van der Waals surface area contributed by atoms with Gasteiger partial charge in [0, 0.05) is 5.02 Å². The van der Waals surface area contributed by atoms with E-state index in [0.29, 0.717) is 9.93 Å². The number of thioether (sulfide) groups is 1. The zero-order valence-electron chi connectivity index (χ0n) is 9.48. The number of carbonyl (C=O) groups is 3. The van der Waals surface area contributed by atoms with Crippen LogP contribution in [0.5, 0.6) is 0 Å². The van der Waals surface area contributed by atoms with Crippen LogP contribution in [0.25, 0.3) is 6.08 Å². The molecule has 0 bridgehead atoms. The van der Waals surface area contributed by atoms with E-state index in [1.54, 1.807) is 30.3 Å². The summed E-state index contributed by atoms with van der Waals surface area (Å²) in [4.78, 5) is 34.9. The highest BCUT2D eigenvalue weighted by Crippen LogP contribution is 2.35. The second-order valence-corrected chi connectivity index (χ2v) is 5.38. The summed E-state index contributed by atoms with van der Waals surface area (Å²) >= 11 is 6.65. The van der Waals surface area contributed by atoms with Gasteiger partial charge in [-0.05, 0) is 42.5 Å². The summed E-state index contributed by atoms with van der Waals surface area (Å²) in [6.45, 7) is 1.25. The lowest BCUT2D eigenvalue weighted by Crippen LogP contribution is -2.22. The number of carbonyl (C=O) groups excluding carboxylic acids is 3. The second-order valence-electron chi connectivity index (χ2n) is 3.89. The minimum atomic E-state index is -1.14. The number of Topliss-reactive ketones (excluding diaryl/α,β-unsaturated/α-hetero) is 2. The summed E-state index contributed by atoms with van der Waals surface area (Å²) in [5.41, 5.74) is 0.732. The Morgan fingerprint density at radius 3 is 2.67 bits per heavy atom. The van der Waals surface area contributed by atoms with Crippen molar-refractivity contribution >= 4 is 46.1 Å². The van der Waals surface area contributed by atoms with Gasteiger partial charge in [-0.15, -0.1) is 0 Å². The molecule has 18 heavy (non-hydrogen) atoms. The van der Waals surface area contributed by atoms with Crippen molar-refractivity contribution < 1.29 is 14.4 Å². The molecule has 1 saturated heterocycles. The third kappa shape index (κ3) is 2.54. The van der Waals surface area contributed by atoms with Crippen LogP contribution in [-0.2, 0) is 14.4 Å². The maximum absolute atomic E-state index is 11.9. The Labute approximate surface area is 113 Å². The number of allylic oxidation sites excluding steroid dienone is 1. The number of ketones is 2. The Hall–Kier alpha value is -1.39. The van der Waals surface area contributed by atoms with E-state index < -0.39 is 22.6 Å². The molecule has 2 rings (SSSR count). The van der Waals surface area contributed by atoms with Gasteiger partial charge in [0.05, 0.1) is 4.91 Å². The van der Waals surface area contributed by atoms with E-state index in [1.165, 1.54) is 6.92 Å². The van der Waals surface area contributed by atoms with Crippen molar-refractivity contribution in [3.05, 3.63) is 39.8 Å². The molecule has 1 aliphatic heterocycles. The van der Waals surface area contributed by atoms with E-state index in [1.807, 2.05) is 0 Å². The summed E-state index contributed by atoms with van der Waals surface area (Å²) < 4.78 is 0. The quantitative estimate of drug-likeness (QED) is 0.617. The Balaban J connectivity index is 2.34. The molecule has 1 aliphatic rings. The molecule has 0 saturated carbocycles. The fourth-order valence-corrected chi connectivity index (χ4v) is 2.89. The highest BCUT2D eigenvalue weighted by Gasteiger charge is 2.41. The van der Waals surface area contributed by atoms with Gasteiger partial charge in [-0.2, -0.15) is 0 Å². The largest absolute Gasteiger partial charge is 0.299 e. The van der Waals surface area contributed by atoms with Crippen LogP contribution in [0.2, 0.25) is 5.02 Å². The monoisotopic (exact) mass is 280 g/mol. The van der Waals surface area contributed by atoms with Crippen molar-refractivity contribution in [1.29, 1.82) is 0 Å². The first-order chi connectivity index (χ1) is 8.49. The standard InChI is InChI=1S/C13H9ClO3S/c1-7(15)11-12(16)10(18-13(11)17)6-8-3-2-4-9(14)5-8/h2-6,11H,1H3. The Bertz CT molecular complexity index is 577. The molecule has 92 valence electrons. The first-order valence-corrected chi connectivity index (χ1v) is 6.42. The van der Waals surface area contributed by atoms with Crippen molar-refractivity contribution in [2.45, 2.75) is 6.92 Å². The predicted octanol–water partition coefficient (Wildman–Crippen LogP) is 2.73. The highest BCUT2D eigenvalue weighted by atomic mass is 35.5. The van der Waals surface area contributed by atoms with Crippen molar-refractivity contribution in [2.24, 2.45) is 5.92 Å². The number of hydrogen-bond donors (Lipinski definition) is 0. The average Bonchev–Trinajstić information content (AvgIpc) is 2.54. The zero-order chi connectivity index (χ0) is 13.3. The molecule has 1 heterocycles. The van der Waals surface area contributed by atoms with Gasteiger partial charge in [-0.3, -0.25) is 14.4 Å². The van der Waals surface area contributed by atoms with Gasteiger partial charge in [0.25, 0.3) is 0 Å². The fourth-order valence-electron chi connectivity index (χ4n) is 1.67. The van der Waals surface area contributed by atoms with E-state index in [0.717, 1.165) is 17.3 Å². The molecule has 0 N–H and O–H groups in total. The van der Waals surface area contributed by atoms with Gasteiger partial charge in [0.15, 0.2) is 11.7 Å². The minimum Gasteiger partial charge on any atom is -0.299 e. The van der Waals surface area contributed by atoms with Crippen molar-refractivity contribution in [3.63, 3.8) is 0 Å². The minimum absolute atomic E-state index is 0.294. The Kier molecular flexibility index (Phi) is 3.68. The first-order valence-electron chi connectivity index (χ1n) is 5.22. The third-order valence-corrected chi connectivity index (χ3v) is 3.72. The number of hydrogen-bond acceptors (Lipinski definition) is 4. The second kappa shape index (κ2) is 5.08. The highest BCUT2D eigenvalue weighted by molar-refractivity contribution is 8.18. The topological polar surface area (TPSA) is 51.2 Å². The smallest absolute Gasteiger partial charge is 0.212 e. The van der Waals surface area contributed by atoms with Crippen LogP contribution >= 0.6 is 23.4 Å². The van der Waals surface area contributed by atoms with E-state index in [2.05, 4.69) is 0 Å². The normalized spacial score (nSPS) is 21.7. The van der Waals surface area contributed by atoms with Gasteiger partial charge in [0.2, 0.25) is 5.12 Å².